The third-order valence-corrected chi connectivity index (χ3v) is 9.31. The Morgan fingerprint density at radius 1 is 1.13 bits per heavy atom. The summed E-state index contributed by atoms with van der Waals surface area (Å²) in [6.07, 6.45) is -0.124. The Morgan fingerprint density at radius 2 is 1.90 bits per heavy atom. The van der Waals surface area contributed by atoms with Gasteiger partial charge in [0.2, 0.25) is 10.0 Å². The zero-order valence-corrected chi connectivity index (χ0v) is 19.7. The van der Waals surface area contributed by atoms with Crippen molar-refractivity contribution in [1.29, 1.82) is 0 Å². The third-order valence-electron chi connectivity index (χ3n) is 5.39. The second-order valence-electron chi connectivity index (χ2n) is 7.55. The molecule has 2 aliphatic heterocycles. The largest absolute Gasteiger partial charge is 0.374 e. The zero-order chi connectivity index (χ0) is 21.7. The van der Waals surface area contributed by atoms with Crippen LogP contribution in [0.1, 0.15) is 15.2 Å². The van der Waals surface area contributed by atoms with E-state index in [9.17, 15) is 13.2 Å². The second kappa shape index (κ2) is 10.5. The molecular weight excluding hydrogens is 454 g/mol. The van der Waals surface area contributed by atoms with Gasteiger partial charge in [-0.25, -0.2) is 8.42 Å². The van der Waals surface area contributed by atoms with Gasteiger partial charge in [-0.2, -0.15) is 16.1 Å². The van der Waals surface area contributed by atoms with Gasteiger partial charge >= 0.3 is 0 Å². The summed E-state index contributed by atoms with van der Waals surface area (Å²) in [5.41, 5.74) is 1.25. The Balaban J connectivity index is 1.34. The number of carbonyl (C=O) groups is 1. The highest BCUT2D eigenvalue weighted by Gasteiger charge is 2.31. The minimum atomic E-state index is -3.65. The van der Waals surface area contributed by atoms with Gasteiger partial charge in [0.05, 0.1) is 12.7 Å². The van der Waals surface area contributed by atoms with Crippen LogP contribution in [0.2, 0.25) is 0 Å². The van der Waals surface area contributed by atoms with Crippen LogP contribution >= 0.6 is 23.1 Å². The standard InChI is InChI=1S/C21H27N3O4S3/c25-21(20-19(6-11-30-20)31(26,27)24-8-12-29-13-9-24)22-14-18-16-23(7-10-28-18)15-17-4-2-1-3-5-17/h1-6,11,18H,7-10,12-16H2,(H,22,25). The number of morpholine rings is 1. The molecule has 1 aromatic heterocycles. The van der Waals surface area contributed by atoms with Gasteiger partial charge in [0, 0.05) is 50.8 Å². The highest BCUT2D eigenvalue weighted by molar-refractivity contribution is 7.99. The van der Waals surface area contributed by atoms with Crippen LogP contribution < -0.4 is 5.32 Å². The number of thioether (sulfide) groups is 1. The number of benzene rings is 1. The zero-order valence-electron chi connectivity index (χ0n) is 17.2. The summed E-state index contributed by atoms with van der Waals surface area (Å²) in [5, 5.41) is 4.55. The Bertz CT molecular complexity index is 975. The van der Waals surface area contributed by atoms with Crippen LogP contribution in [0.15, 0.2) is 46.7 Å². The highest BCUT2D eigenvalue weighted by Crippen LogP contribution is 2.27. The first-order chi connectivity index (χ1) is 15.0. The van der Waals surface area contributed by atoms with Crippen molar-refractivity contribution in [3.05, 3.63) is 52.2 Å². The van der Waals surface area contributed by atoms with E-state index in [0.29, 0.717) is 26.2 Å². The number of amides is 1. The first-order valence-electron chi connectivity index (χ1n) is 10.4. The fourth-order valence-electron chi connectivity index (χ4n) is 3.77. The number of hydrogen-bond acceptors (Lipinski definition) is 7. The summed E-state index contributed by atoms with van der Waals surface area (Å²) < 4.78 is 33.3. The Labute approximate surface area is 191 Å². The van der Waals surface area contributed by atoms with E-state index in [4.69, 9.17) is 4.74 Å². The summed E-state index contributed by atoms with van der Waals surface area (Å²) in [6.45, 7) is 4.34. The molecule has 1 aromatic carbocycles. The van der Waals surface area contributed by atoms with Crippen LogP contribution in [0.25, 0.3) is 0 Å². The van der Waals surface area contributed by atoms with Crippen molar-refractivity contribution < 1.29 is 17.9 Å². The lowest BCUT2D eigenvalue weighted by atomic mass is 10.2. The van der Waals surface area contributed by atoms with Crippen molar-refractivity contribution in [2.45, 2.75) is 17.5 Å². The summed E-state index contributed by atoms with van der Waals surface area (Å²) in [7, 11) is -3.65. The molecule has 0 saturated carbocycles. The summed E-state index contributed by atoms with van der Waals surface area (Å²) >= 11 is 2.91. The molecule has 2 aliphatic rings. The van der Waals surface area contributed by atoms with E-state index in [-0.39, 0.29) is 21.8 Å². The van der Waals surface area contributed by atoms with E-state index in [1.807, 2.05) is 18.2 Å². The SMILES string of the molecule is O=C(NCC1CN(Cc2ccccc2)CCO1)c1sccc1S(=O)(=O)N1CCSCC1. The monoisotopic (exact) mass is 481 g/mol. The molecule has 4 rings (SSSR count). The van der Waals surface area contributed by atoms with E-state index in [1.54, 1.807) is 17.1 Å². The number of ether oxygens (including phenoxy) is 1. The predicted octanol–water partition coefficient (Wildman–Crippen LogP) is 2.12. The van der Waals surface area contributed by atoms with Gasteiger partial charge in [0.15, 0.2) is 0 Å². The number of sulfonamides is 1. The Morgan fingerprint density at radius 3 is 2.68 bits per heavy atom. The molecule has 1 N–H and O–H groups in total. The molecule has 10 heteroatoms. The molecule has 0 bridgehead atoms. The molecule has 2 saturated heterocycles. The minimum Gasteiger partial charge on any atom is -0.374 e. The molecule has 0 radical (unpaired) electrons. The Kier molecular flexibility index (Phi) is 7.68. The van der Waals surface area contributed by atoms with E-state index < -0.39 is 10.0 Å². The van der Waals surface area contributed by atoms with Crippen LogP contribution in [0.4, 0.5) is 0 Å². The minimum absolute atomic E-state index is 0.108. The van der Waals surface area contributed by atoms with Gasteiger partial charge in [0.1, 0.15) is 9.77 Å². The highest BCUT2D eigenvalue weighted by atomic mass is 32.2. The van der Waals surface area contributed by atoms with Crippen molar-refractivity contribution in [1.82, 2.24) is 14.5 Å². The number of hydrogen-bond donors (Lipinski definition) is 1. The molecule has 2 aromatic rings. The number of carbonyl (C=O) groups excluding carboxylic acids is 1. The van der Waals surface area contributed by atoms with E-state index in [2.05, 4.69) is 22.3 Å². The first-order valence-corrected chi connectivity index (χ1v) is 13.8. The lowest BCUT2D eigenvalue weighted by molar-refractivity contribution is -0.0292. The van der Waals surface area contributed by atoms with Crippen LogP contribution in [-0.2, 0) is 21.3 Å². The lowest BCUT2D eigenvalue weighted by Crippen LogP contribution is -2.47. The lowest BCUT2D eigenvalue weighted by Gasteiger charge is -2.33. The van der Waals surface area contributed by atoms with E-state index >= 15 is 0 Å². The summed E-state index contributed by atoms with van der Waals surface area (Å²) in [5.74, 6) is 1.20. The van der Waals surface area contributed by atoms with E-state index in [1.165, 1.54) is 15.9 Å². The molecule has 1 amide bonds. The smallest absolute Gasteiger partial charge is 0.262 e. The summed E-state index contributed by atoms with van der Waals surface area (Å²) in [6, 6.07) is 11.8. The van der Waals surface area contributed by atoms with E-state index in [0.717, 1.165) is 42.5 Å². The van der Waals surface area contributed by atoms with Gasteiger partial charge in [-0.1, -0.05) is 30.3 Å². The second-order valence-corrected chi connectivity index (χ2v) is 11.6. The van der Waals surface area contributed by atoms with Crippen molar-refractivity contribution in [3.8, 4) is 0 Å². The maximum Gasteiger partial charge on any atom is 0.262 e. The molecule has 0 spiro atoms. The molecule has 0 aliphatic carbocycles. The summed E-state index contributed by atoms with van der Waals surface area (Å²) in [4.78, 5) is 15.5. The fraction of sp³-hybridized carbons (Fsp3) is 0.476. The van der Waals surface area contributed by atoms with Crippen LogP contribution in [0.5, 0.6) is 0 Å². The predicted molar refractivity (Wildman–Crippen MR) is 124 cm³/mol. The van der Waals surface area contributed by atoms with Gasteiger partial charge in [-0.05, 0) is 17.0 Å². The first kappa shape index (κ1) is 22.8. The molecule has 1 atom stereocenters. The van der Waals surface area contributed by atoms with Crippen molar-refractivity contribution in [3.63, 3.8) is 0 Å². The molecule has 168 valence electrons. The van der Waals surface area contributed by atoms with Gasteiger partial charge in [-0.3, -0.25) is 9.69 Å². The average molecular weight is 482 g/mol. The number of thiophene rings is 1. The van der Waals surface area contributed by atoms with Crippen LogP contribution in [0.3, 0.4) is 0 Å². The number of nitrogens with zero attached hydrogens (tertiary/aromatic N) is 2. The van der Waals surface area contributed by atoms with Gasteiger partial charge < -0.3 is 10.1 Å². The molecule has 1 unspecified atom stereocenters. The number of nitrogens with one attached hydrogen (secondary N) is 1. The van der Waals surface area contributed by atoms with Crippen molar-refractivity contribution >= 4 is 39.0 Å². The topological polar surface area (TPSA) is 79.0 Å². The van der Waals surface area contributed by atoms with Crippen LogP contribution in [0, 0.1) is 0 Å². The molecule has 2 fully saturated rings. The third kappa shape index (κ3) is 5.68. The quantitative estimate of drug-likeness (QED) is 0.653. The maximum absolute atomic E-state index is 13.0. The molecule has 3 heterocycles. The maximum atomic E-state index is 13.0. The fourth-order valence-corrected chi connectivity index (χ4v) is 7.66. The van der Waals surface area contributed by atoms with Crippen molar-refractivity contribution in [2.24, 2.45) is 0 Å². The number of rotatable bonds is 7. The van der Waals surface area contributed by atoms with Gasteiger partial charge in [0.25, 0.3) is 5.91 Å². The Hall–Kier alpha value is -1.43. The molecule has 7 nitrogen and oxygen atoms in total. The van der Waals surface area contributed by atoms with Crippen molar-refractivity contribution in [2.75, 3.05) is 50.8 Å². The molecular formula is C21H27N3O4S3. The normalized spacial score (nSPS) is 21.1. The van der Waals surface area contributed by atoms with Gasteiger partial charge in [-0.15, -0.1) is 11.3 Å². The van der Waals surface area contributed by atoms with Crippen LogP contribution in [-0.4, -0.2) is 80.5 Å². The average Bonchev–Trinajstić information content (AvgIpc) is 3.30. The molecule has 31 heavy (non-hydrogen) atoms.